The van der Waals surface area contributed by atoms with Crippen molar-refractivity contribution in [1.82, 2.24) is 10.2 Å². The second-order valence-electron chi connectivity index (χ2n) is 3.06. The third kappa shape index (κ3) is 5.11. The van der Waals surface area contributed by atoms with Gasteiger partial charge in [0.1, 0.15) is 6.54 Å². The lowest BCUT2D eigenvalue weighted by Gasteiger charge is -2.10. The van der Waals surface area contributed by atoms with Gasteiger partial charge in [-0.3, -0.25) is 10.1 Å². The highest BCUT2D eigenvalue weighted by Gasteiger charge is 2.25. The maximum absolute atomic E-state index is 10.9. The first kappa shape index (κ1) is 13.3. The first-order chi connectivity index (χ1) is 6.65. The Morgan fingerprint density at radius 3 is 2.36 bits per heavy atom. The quantitative estimate of drug-likeness (QED) is 0.553. The number of nitrogens with zero attached hydrogens (tertiary/aromatic N) is 1. The van der Waals surface area contributed by atoms with Crippen LogP contribution >= 0.6 is 12.6 Å². The summed E-state index contributed by atoms with van der Waals surface area (Å²) in [6.07, 6.45) is 2.07. The van der Waals surface area contributed by atoms with Crippen LogP contribution in [-0.4, -0.2) is 35.7 Å². The lowest BCUT2D eigenvalue weighted by molar-refractivity contribution is -0.118. The van der Waals surface area contributed by atoms with E-state index in [1.165, 1.54) is 11.3 Å². The lowest BCUT2D eigenvalue weighted by atomic mass is 10.4. The molecule has 0 aromatic carbocycles. The van der Waals surface area contributed by atoms with Crippen LogP contribution in [0.2, 0.25) is 0 Å². The van der Waals surface area contributed by atoms with Crippen molar-refractivity contribution in [2.45, 2.75) is 26.7 Å². The maximum atomic E-state index is 10.9. The van der Waals surface area contributed by atoms with E-state index in [1.807, 2.05) is 0 Å². The molecule has 0 atom stereocenters. The number of amides is 3. The molecule has 0 unspecified atom stereocenters. The molecule has 0 bridgehead atoms. The van der Waals surface area contributed by atoms with Crippen LogP contribution in [0, 0.1) is 0 Å². The third-order valence-electron chi connectivity index (χ3n) is 1.45. The number of thiol groups is 1. The first-order valence-electron chi connectivity index (χ1n) is 4.85. The van der Waals surface area contributed by atoms with Crippen LogP contribution in [-0.2, 0) is 4.79 Å². The molecule has 1 N–H and O–H groups in total. The molecule has 14 heavy (non-hydrogen) atoms. The van der Waals surface area contributed by atoms with E-state index in [2.05, 4.69) is 31.8 Å². The van der Waals surface area contributed by atoms with E-state index in [9.17, 15) is 9.59 Å². The highest BCUT2D eigenvalue weighted by Crippen LogP contribution is 1.99. The summed E-state index contributed by atoms with van der Waals surface area (Å²) in [6.45, 7) is 5.06. The van der Waals surface area contributed by atoms with Gasteiger partial charge in [-0.15, -0.1) is 0 Å². The van der Waals surface area contributed by atoms with Gasteiger partial charge in [-0.05, 0) is 12.2 Å². The van der Waals surface area contributed by atoms with E-state index < -0.39 is 0 Å². The number of rotatable bonds is 3. The molecule has 4 nitrogen and oxygen atoms in total. The summed E-state index contributed by atoms with van der Waals surface area (Å²) in [6, 6.07) is -0.281. The van der Waals surface area contributed by atoms with Crippen LogP contribution in [0.4, 0.5) is 4.79 Å². The zero-order chi connectivity index (χ0) is 11.0. The molecule has 0 spiro atoms. The second-order valence-corrected chi connectivity index (χ2v) is 3.51. The predicted octanol–water partition coefficient (Wildman–Crippen LogP) is 1.27. The zero-order valence-corrected chi connectivity index (χ0v) is 9.64. The molecule has 0 aromatic rings. The number of hydrogen-bond acceptors (Lipinski definition) is 3. The molecule has 1 aliphatic rings. The number of imide groups is 1. The fraction of sp³-hybridized carbons (Fsp3) is 0.778. The Bertz CT molecular complexity index is 197. The number of carbonyl (C=O) groups excluding carboxylic acids is 2. The monoisotopic (exact) mass is 218 g/mol. The van der Waals surface area contributed by atoms with Gasteiger partial charge >= 0.3 is 6.03 Å². The molecular weight excluding hydrogens is 200 g/mol. The minimum atomic E-state index is -0.281. The molecule has 5 heteroatoms. The molecule has 1 heterocycles. The highest BCUT2D eigenvalue weighted by atomic mass is 32.1. The number of carbonyl (C=O) groups is 2. The van der Waals surface area contributed by atoms with E-state index in [4.69, 9.17) is 0 Å². The standard InChI is InChI=1S/C6H10N2O2S.C3H8/c9-5-4-8(2-1-3-11)6(10)7-5;1-3-2/h11H,1-4H2,(H,7,9,10);3H2,1-2H3. The van der Waals surface area contributed by atoms with E-state index in [1.54, 1.807) is 0 Å². The molecule has 0 radical (unpaired) electrons. The summed E-state index contributed by atoms with van der Waals surface area (Å²) in [5.41, 5.74) is 0. The van der Waals surface area contributed by atoms with Crippen molar-refractivity contribution in [3.63, 3.8) is 0 Å². The largest absolute Gasteiger partial charge is 0.324 e. The smallest absolute Gasteiger partial charge is 0.315 e. The molecule has 0 aliphatic carbocycles. The second kappa shape index (κ2) is 7.67. The maximum Gasteiger partial charge on any atom is 0.324 e. The minimum absolute atomic E-state index is 0.201. The van der Waals surface area contributed by atoms with Crippen LogP contribution in [0.15, 0.2) is 0 Å². The molecule has 0 aromatic heterocycles. The topological polar surface area (TPSA) is 49.4 Å². The summed E-state index contributed by atoms with van der Waals surface area (Å²) in [4.78, 5) is 23.0. The summed E-state index contributed by atoms with van der Waals surface area (Å²) in [7, 11) is 0. The lowest BCUT2D eigenvalue weighted by Crippen LogP contribution is -2.29. The van der Waals surface area contributed by atoms with Crippen molar-refractivity contribution in [2.75, 3.05) is 18.8 Å². The van der Waals surface area contributed by atoms with Crippen LogP contribution in [0.5, 0.6) is 0 Å². The van der Waals surface area contributed by atoms with E-state index in [0.717, 1.165) is 12.2 Å². The van der Waals surface area contributed by atoms with Crippen molar-refractivity contribution in [3.8, 4) is 0 Å². The van der Waals surface area contributed by atoms with Crippen molar-refractivity contribution >= 4 is 24.6 Å². The normalized spacial score (nSPS) is 14.9. The van der Waals surface area contributed by atoms with Gasteiger partial charge in [0.05, 0.1) is 0 Å². The molecule has 1 rings (SSSR count). The Morgan fingerprint density at radius 1 is 1.43 bits per heavy atom. The molecule has 1 aliphatic heterocycles. The Kier molecular flexibility index (Phi) is 7.28. The molecular formula is C9H18N2O2S. The molecule has 82 valence electrons. The van der Waals surface area contributed by atoms with E-state index in [0.29, 0.717) is 6.54 Å². The average molecular weight is 218 g/mol. The van der Waals surface area contributed by atoms with Gasteiger partial charge in [-0.1, -0.05) is 20.3 Å². The predicted molar refractivity (Wildman–Crippen MR) is 59.5 cm³/mol. The van der Waals surface area contributed by atoms with Crippen LogP contribution in [0.1, 0.15) is 26.7 Å². The van der Waals surface area contributed by atoms with Crippen molar-refractivity contribution in [3.05, 3.63) is 0 Å². The van der Waals surface area contributed by atoms with Gasteiger partial charge < -0.3 is 4.90 Å². The van der Waals surface area contributed by atoms with Crippen LogP contribution < -0.4 is 5.32 Å². The number of urea groups is 1. The molecule has 1 saturated heterocycles. The minimum Gasteiger partial charge on any atom is -0.315 e. The fourth-order valence-electron chi connectivity index (χ4n) is 0.925. The van der Waals surface area contributed by atoms with Gasteiger partial charge in [-0.2, -0.15) is 12.6 Å². The van der Waals surface area contributed by atoms with Gasteiger partial charge in [0, 0.05) is 6.54 Å². The van der Waals surface area contributed by atoms with Gasteiger partial charge in [-0.25, -0.2) is 4.79 Å². The summed E-state index contributed by atoms with van der Waals surface area (Å²) < 4.78 is 0. The number of hydrogen-bond donors (Lipinski definition) is 2. The Balaban J connectivity index is 0.000000500. The highest BCUT2D eigenvalue weighted by molar-refractivity contribution is 7.80. The summed E-state index contributed by atoms with van der Waals surface area (Å²) in [5, 5.41) is 2.20. The average Bonchev–Trinajstić information content (AvgIpc) is 2.43. The van der Waals surface area contributed by atoms with Crippen molar-refractivity contribution in [2.24, 2.45) is 0 Å². The van der Waals surface area contributed by atoms with Gasteiger partial charge in [0.25, 0.3) is 0 Å². The zero-order valence-electron chi connectivity index (χ0n) is 8.75. The van der Waals surface area contributed by atoms with Crippen molar-refractivity contribution in [1.29, 1.82) is 0 Å². The summed E-state index contributed by atoms with van der Waals surface area (Å²) >= 11 is 4.00. The van der Waals surface area contributed by atoms with E-state index in [-0.39, 0.29) is 18.5 Å². The fourth-order valence-corrected chi connectivity index (χ4v) is 1.07. The Morgan fingerprint density at radius 2 is 2.00 bits per heavy atom. The van der Waals surface area contributed by atoms with Gasteiger partial charge in [0.15, 0.2) is 0 Å². The Labute approximate surface area is 90.4 Å². The third-order valence-corrected chi connectivity index (χ3v) is 1.77. The summed E-state index contributed by atoms with van der Waals surface area (Å²) in [5.74, 6) is 0.520. The first-order valence-corrected chi connectivity index (χ1v) is 5.48. The van der Waals surface area contributed by atoms with Crippen molar-refractivity contribution < 1.29 is 9.59 Å². The molecule has 0 saturated carbocycles. The SMILES string of the molecule is CCC.O=C1CN(CCCS)C(=O)N1. The van der Waals surface area contributed by atoms with Gasteiger partial charge in [0.2, 0.25) is 5.91 Å². The number of nitrogens with one attached hydrogen (secondary N) is 1. The molecule has 1 fully saturated rings. The van der Waals surface area contributed by atoms with E-state index >= 15 is 0 Å². The van der Waals surface area contributed by atoms with Crippen LogP contribution in [0.3, 0.4) is 0 Å². The Hall–Kier alpha value is -0.710. The molecule has 3 amide bonds. The van der Waals surface area contributed by atoms with Crippen LogP contribution in [0.25, 0.3) is 0 Å².